The van der Waals surface area contributed by atoms with Gasteiger partial charge in [0.15, 0.2) is 5.88 Å². The number of hydrogen-bond donors (Lipinski definition) is 1. The SMILES string of the molecule is CC1CCN(c2ccc([C@H]3CCCCN3)o2)CC1. The van der Waals surface area contributed by atoms with Crippen LogP contribution in [0.5, 0.6) is 0 Å². The molecule has 0 bridgehead atoms. The molecule has 1 aromatic rings. The van der Waals surface area contributed by atoms with Gasteiger partial charge in [0.05, 0.1) is 6.04 Å². The van der Waals surface area contributed by atoms with Gasteiger partial charge in [-0.2, -0.15) is 0 Å². The van der Waals surface area contributed by atoms with Crippen molar-refractivity contribution in [1.82, 2.24) is 5.32 Å². The molecule has 3 nitrogen and oxygen atoms in total. The van der Waals surface area contributed by atoms with E-state index in [9.17, 15) is 0 Å². The number of furan rings is 1. The first-order valence-electron chi connectivity index (χ1n) is 7.41. The Bertz CT molecular complexity index is 374. The minimum atomic E-state index is 0.441. The maximum absolute atomic E-state index is 6.06. The zero-order valence-electron chi connectivity index (χ0n) is 11.3. The number of nitrogens with one attached hydrogen (secondary N) is 1. The molecule has 18 heavy (non-hydrogen) atoms. The highest BCUT2D eigenvalue weighted by atomic mass is 16.4. The molecule has 2 aliphatic rings. The first-order valence-corrected chi connectivity index (χ1v) is 7.41. The van der Waals surface area contributed by atoms with E-state index in [2.05, 4.69) is 29.3 Å². The van der Waals surface area contributed by atoms with Crippen molar-refractivity contribution in [3.8, 4) is 0 Å². The van der Waals surface area contributed by atoms with E-state index in [1.54, 1.807) is 0 Å². The second kappa shape index (κ2) is 5.35. The monoisotopic (exact) mass is 248 g/mol. The number of anilines is 1. The van der Waals surface area contributed by atoms with Crippen molar-refractivity contribution in [3.05, 3.63) is 17.9 Å². The second-order valence-electron chi connectivity index (χ2n) is 5.85. The van der Waals surface area contributed by atoms with Gasteiger partial charge in [0.1, 0.15) is 5.76 Å². The smallest absolute Gasteiger partial charge is 0.195 e. The van der Waals surface area contributed by atoms with E-state index in [-0.39, 0.29) is 0 Å². The summed E-state index contributed by atoms with van der Waals surface area (Å²) >= 11 is 0. The van der Waals surface area contributed by atoms with Crippen molar-refractivity contribution in [2.24, 2.45) is 5.92 Å². The molecule has 3 heteroatoms. The Balaban J connectivity index is 1.65. The molecule has 1 atom stereocenters. The largest absolute Gasteiger partial charge is 0.444 e. The van der Waals surface area contributed by atoms with Gasteiger partial charge in [-0.05, 0) is 44.2 Å². The Labute approximate surface area is 110 Å². The molecule has 2 saturated heterocycles. The zero-order valence-corrected chi connectivity index (χ0v) is 11.3. The Kier molecular flexibility index (Phi) is 3.59. The molecule has 2 aliphatic heterocycles. The van der Waals surface area contributed by atoms with Gasteiger partial charge in [0, 0.05) is 19.2 Å². The Morgan fingerprint density at radius 2 is 2.00 bits per heavy atom. The van der Waals surface area contributed by atoms with Gasteiger partial charge < -0.3 is 14.6 Å². The molecule has 2 fully saturated rings. The third kappa shape index (κ3) is 2.56. The minimum absolute atomic E-state index is 0.441. The average Bonchev–Trinajstić information content (AvgIpc) is 2.90. The van der Waals surface area contributed by atoms with Crippen LogP contribution in [0.4, 0.5) is 5.88 Å². The first-order chi connectivity index (χ1) is 8.83. The van der Waals surface area contributed by atoms with Crippen molar-refractivity contribution in [3.63, 3.8) is 0 Å². The predicted molar refractivity (Wildman–Crippen MR) is 73.9 cm³/mol. The quantitative estimate of drug-likeness (QED) is 0.870. The summed E-state index contributed by atoms with van der Waals surface area (Å²) < 4.78 is 6.06. The van der Waals surface area contributed by atoms with Gasteiger partial charge in [-0.3, -0.25) is 0 Å². The molecule has 3 heterocycles. The molecule has 0 aromatic carbocycles. The molecule has 3 rings (SSSR count). The summed E-state index contributed by atoms with van der Waals surface area (Å²) in [5.41, 5.74) is 0. The lowest BCUT2D eigenvalue weighted by Crippen LogP contribution is -2.32. The first kappa shape index (κ1) is 12.1. The fourth-order valence-corrected chi connectivity index (χ4v) is 3.02. The van der Waals surface area contributed by atoms with Crippen molar-refractivity contribution >= 4 is 5.88 Å². The average molecular weight is 248 g/mol. The lowest BCUT2D eigenvalue weighted by molar-refractivity contribution is 0.343. The van der Waals surface area contributed by atoms with Crippen LogP contribution in [0.25, 0.3) is 0 Å². The molecule has 0 aliphatic carbocycles. The van der Waals surface area contributed by atoms with Gasteiger partial charge in [0.2, 0.25) is 0 Å². The van der Waals surface area contributed by atoms with Crippen LogP contribution in [-0.2, 0) is 0 Å². The van der Waals surface area contributed by atoms with Crippen molar-refractivity contribution < 1.29 is 4.42 Å². The third-order valence-electron chi connectivity index (χ3n) is 4.36. The highest BCUT2D eigenvalue weighted by Crippen LogP contribution is 2.30. The van der Waals surface area contributed by atoms with Crippen molar-refractivity contribution in [1.29, 1.82) is 0 Å². The van der Waals surface area contributed by atoms with Gasteiger partial charge in [-0.1, -0.05) is 13.3 Å². The highest BCUT2D eigenvalue weighted by molar-refractivity contribution is 5.37. The van der Waals surface area contributed by atoms with E-state index in [0.717, 1.165) is 37.2 Å². The fourth-order valence-electron chi connectivity index (χ4n) is 3.02. The van der Waals surface area contributed by atoms with Crippen LogP contribution in [0.3, 0.4) is 0 Å². The van der Waals surface area contributed by atoms with Gasteiger partial charge in [-0.25, -0.2) is 0 Å². The van der Waals surface area contributed by atoms with E-state index in [4.69, 9.17) is 4.42 Å². The van der Waals surface area contributed by atoms with Crippen LogP contribution in [0.2, 0.25) is 0 Å². The van der Waals surface area contributed by atoms with Crippen LogP contribution in [0.15, 0.2) is 16.5 Å². The summed E-state index contributed by atoms with van der Waals surface area (Å²) in [4.78, 5) is 2.40. The molecule has 0 radical (unpaired) electrons. The molecule has 0 unspecified atom stereocenters. The topological polar surface area (TPSA) is 28.4 Å². The number of nitrogens with zero attached hydrogens (tertiary/aromatic N) is 1. The maximum Gasteiger partial charge on any atom is 0.195 e. The summed E-state index contributed by atoms with van der Waals surface area (Å²) in [6.45, 7) is 5.76. The van der Waals surface area contributed by atoms with Crippen LogP contribution < -0.4 is 10.2 Å². The summed E-state index contributed by atoms with van der Waals surface area (Å²) in [5, 5.41) is 3.55. The molecule has 1 N–H and O–H groups in total. The molecule has 0 spiro atoms. The summed E-state index contributed by atoms with van der Waals surface area (Å²) in [5.74, 6) is 3.07. The fraction of sp³-hybridized carbons (Fsp3) is 0.733. The molecule has 1 aromatic heterocycles. The lowest BCUT2D eigenvalue weighted by atomic mass is 9.99. The third-order valence-corrected chi connectivity index (χ3v) is 4.36. The van der Waals surface area contributed by atoms with Gasteiger partial charge in [-0.15, -0.1) is 0 Å². The number of hydrogen-bond acceptors (Lipinski definition) is 3. The van der Waals surface area contributed by atoms with E-state index < -0.39 is 0 Å². The van der Waals surface area contributed by atoms with Crippen LogP contribution in [0.1, 0.15) is 50.8 Å². The van der Waals surface area contributed by atoms with Gasteiger partial charge in [0.25, 0.3) is 0 Å². The van der Waals surface area contributed by atoms with E-state index in [1.807, 2.05) is 0 Å². The lowest BCUT2D eigenvalue weighted by Gasteiger charge is -2.30. The summed E-state index contributed by atoms with van der Waals surface area (Å²) in [6, 6.07) is 4.76. The van der Waals surface area contributed by atoms with Crippen LogP contribution in [-0.4, -0.2) is 19.6 Å². The Morgan fingerprint density at radius 3 is 2.72 bits per heavy atom. The van der Waals surface area contributed by atoms with Crippen LogP contribution in [0, 0.1) is 5.92 Å². The molecular weight excluding hydrogens is 224 g/mol. The highest BCUT2D eigenvalue weighted by Gasteiger charge is 2.22. The Hall–Kier alpha value is -0.960. The summed E-state index contributed by atoms with van der Waals surface area (Å²) in [7, 11) is 0. The van der Waals surface area contributed by atoms with Gasteiger partial charge >= 0.3 is 0 Å². The van der Waals surface area contributed by atoms with Crippen molar-refractivity contribution in [2.75, 3.05) is 24.5 Å². The summed E-state index contributed by atoms with van der Waals surface area (Å²) in [6.07, 6.45) is 6.41. The predicted octanol–water partition coefficient (Wildman–Crippen LogP) is 3.33. The molecule has 100 valence electrons. The molecular formula is C15H24N2O. The second-order valence-corrected chi connectivity index (χ2v) is 5.85. The number of piperidine rings is 2. The minimum Gasteiger partial charge on any atom is -0.444 e. The maximum atomic E-state index is 6.06. The normalized spacial score (nSPS) is 26.5. The zero-order chi connectivity index (χ0) is 12.4. The standard InChI is InChI=1S/C15H24N2O/c1-12-7-10-17(11-8-12)15-6-5-14(18-15)13-4-2-3-9-16-13/h5-6,12-13,16H,2-4,7-11H2,1H3/t13-/m1/s1. The van der Waals surface area contributed by atoms with E-state index in [0.29, 0.717) is 6.04 Å². The van der Waals surface area contributed by atoms with Crippen molar-refractivity contribution in [2.45, 2.75) is 45.1 Å². The Morgan fingerprint density at radius 1 is 1.17 bits per heavy atom. The van der Waals surface area contributed by atoms with E-state index in [1.165, 1.54) is 32.1 Å². The number of rotatable bonds is 2. The van der Waals surface area contributed by atoms with Crippen LogP contribution >= 0.6 is 0 Å². The molecule has 0 amide bonds. The van der Waals surface area contributed by atoms with E-state index >= 15 is 0 Å². The molecule has 0 saturated carbocycles.